The van der Waals surface area contributed by atoms with Crippen molar-refractivity contribution in [3.05, 3.63) is 94.0 Å². The summed E-state index contributed by atoms with van der Waals surface area (Å²) in [4.78, 5) is 30.4. The number of nitrogens with zero attached hydrogens (tertiary/aromatic N) is 4. The van der Waals surface area contributed by atoms with Crippen molar-refractivity contribution >= 4 is 11.6 Å². The van der Waals surface area contributed by atoms with Gasteiger partial charge in [-0.1, -0.05) is 36.4 Å². The highest BCUT2D eigenvalue weighted by Gasteiger charge is 2.30. The Bertz CT molecular complexity index is 1410. The van der Waals surface area contributed by atoms with E-state index in [1.165, 1.54) is 22.9 Å². The van der Waals surface area contributed by atoms with Crippen molar-refractivity contribution in [2.75, 3.05) is 5.32 Å². The molecule has 2 heterocycles. The van der Waals surface area contributed by atoms with Crippen LogP contribution in [0.15, 0.2) is 71.5 Å². The molecule has 1 amide bonds. The second-order valence-electron chi connectivity index (χ2n) is 7.70. The standard InChI is InChI=1S/C24H20F3N5O2/c1-15-11-16(2)32(30-15)23-29-20(17-7-4-3-5-8-17)13-22(34)31(23)14-21(33)28-19-10-6-9-18(12-19)24(25,26)27/h3-13H,14H2,1-2H3,(H,28,33). The van der Waals surface area contributed by atoms with Crippen molar-refractivity contribution in [2.45, 2.75) is 26.6 Å². The molecule has 0 radical (unpaired) electrons. The Hall–Kier alpha value is -4.21. The Balaban J connectivity index is 1.72. The summed E-state index contributed by atoms with van der Waals surface area (Å²) in [7, 11) is 0. The van der Waals surface area contributed by atoms with Crippen molar-refractivity contribution in [2.24, 2.45) is 0 Å². The number of nitrogens with one attached hydrogen (secondary N) is 1. The molecule has 0 spiro atoms. The van der Waals surface area contributed by atoms with Crippen LogP contribution in [0.5, 0.6) is 0 Å². The Morgan fingerprint density at radius 3 is 2.38 bits per heavy atom. The SMILES string of the molecule is Cc1cc(C)n(-c2nc(-c3ccccc3)cc(=O)n2CC(=O)Nc2cccc(C(F)(F)F)c2)n1. The monoisotopic (exact) mass is 467 g/mol. The predicted molar refractivity (Wildman–Crippen MR) is 121 cm³/mol. The molecule has 0 saturated carbocycles. The first kappa shape index (κ1) is 23.0. The van der Waals surface area contributed by atoms with Crippen LogP contribution in [0.4, 0.5) is 18.9 Å². The van der Waals surface area contributed by atoms with Crippen LogP contribution in [0.25, 0.3) is 17.2 Å². The summed E-state index contributed by atoms with van der Waals surface area (Å²) >= 11 is 0. The topological polar surface area (TPSA) is 81.8 Å². The van der Waals surface area contributed by atoms with Gasteiger partial charge in [0.05, 0.1) is 17.0 Å². The third-order valence-electron chi connectivity index (χ3n) is 5.03. The molecule has 2 aromatic carbocycles. The lowest BCUT2D eigenvalue weighted by molar-refractivity contribution is -0.137. The van der Waals surface area contributed by atoms with Crippen molar-refractivity contribution in [1.29, 1.82) is 0 Å². The highest BCUT2D eigenvalue weighted by atomic mass is 19.4. The zero-order valence-electron chi connectivity index (χ0n) is 18.3. The van der Waals surface area contributed by atoms with Crippen LogP contribution in [0.3, 0.4) is 0 Å². The summed E-state index contributed by atoms with van der Waals surface area (Å²) in [6.45, 7) is 3.10. The number of carbonyl (C=O) groups is 1. The minimum atomic E-state index is -4.54. The molecule has 0 atom stereocenters. The number of hydrogen-bond donors (Lipinski definition) is 1. The number of anilines is 1. The first-order valence-corrected chi connectivity index (χ1v) is 10.3. The second kappa shape index (κ2) is 8.97. The summed E-state index contributed by atoms with van der Waals surface area (Å²) in [6, 6.07) is 16.5. The van der Waals surface area contributed by atoms with Gasteiger partial charge in [0.15, 0.2) is 0 Å². The van der Waals surface area contributed by atoms with E-state index in [-0.39, 0.29) is 11.6 Å². The van der Waals surface area contributed by atoms with Gasteiger partial charge in [-0.15, -0.1) is 0 Å². The van der Waals surface area contributed by atoms with Gasteiger partial charge in [0.25, 0.3) is 5.56 Å². The molecule has 34 heavy (non-hydrogen) atoms. The molecule has 7 nitrogen and oxygen atoms in total. The lowest BCUT2D eigenvalue weighted by Gasteiger charge is -2.15. The van der Waals surface area contributed by atoms with Gasteiger partial charge >= 0.3 is 6.18 Å². The Kier molecular flexibility index (Phi) is 6.06. The molecule has 174 valence electrons. The lowest BCUT2D eigenvalue weighted by Crippen LogP contribution is -2.31. The molecule has 0 aliphatic heterocycles. The average molecular weight is 467 g/mol. The van der Waals surface area contributed by atoms with E-state index in [0.29, 0.717) is 22.6 Å². The van der Waals surface area contributed by atoms with Crippen LogP contribution in [0, 0.1) is 13.8 Å². The summed E-state index contributed by atoms with van der Waals surface area (Å²) in [5.74, 6) is -0.561. The van der Waals surface area contributed by atoms with E-state index >= 15 is 0 Å². The van der Waals surface area contributed by atoms with Gasteiger partial charge in [0.2, 0.25) is 11.9 Å². The van der Waals surface area contributed by atoms with Gasteiger partial charge < -0.3 is 5.32 Å². The maximum Gasteiger partial charge on any atom is 0.416 e. The zero-order chi connectivity index (χ0) is 24.5. The molecule has 0 saturated heterocycles. The van der Waals surface area contributed by atoms with Gasteiger partial charge in [-0.3, -0.25) is 14.2 Å². The Labute approximate surface area is 192 Å². The normalized spacial score (nSPS) is 11.4. The molecule has 0 fully saturated rings. The van der Waals surface area contributed by atoms with Crippen LogP contribution in [0.1, 0.15) is 17.0 Å². The van der Waals surface area contributed by atoms with Crippen LogP contribution >= 0.6 is 0 Å². The number of halogens is 3. The van der Waals surface area contributed by atoms with Crippen LogP contribution in [-0.2, 0) is 17.5 Å². The van der Waals surface area contributed by atoms with E-state index in [4.69, 9.17) is 0 Å². The summed E-state index contributed by atoms with van der Waals surface area (Å²) in [6.07, 6.45) is -4.54. The lowest BCUT2D eigenvalue weighted by atomic mass is 10.1. The highest BCUT2D eigenvalue weighted by Crippen LogP contribution is 2.30. The van der Waals surface area contributed by atoms with E-state index < -0.39 is 29.8 Å². The molecule has 4 rings (SSSR count). The van der Waals surface area contributed by atoms with Gasteiger partial charge in [-0.25, -0.2) is 9.67 Å². The number of aryl methyl sites for hydroxylation is 2. The molecule has 0 bridgehead atoms. The fourth-order valence-electron chi connectivity index (χ4n) is 3.51. The van der Waals surface area contributed by atoms with Gasteiger partial charge in [-0.05, 0) is 38.1 Å². The van der Waals surface area contributed by atoms with Gasteiger partial charge in [0, 0.05) is 23.0 Å². The Morgan fingerprint density at radius 2 is 1.74 bits per heavy atom. The third-order valence-corrected chi connectivity index (χ3v) is 5.03. The first-order chi connectivity index (χ1) is 16.1. The van der Waals surface area contributed by atoms with Gasteiger partial charge in [-0.2, -0.15) is 18.3 Å². The number of aromatic nitrogens is 4. The quantitative estimate of drug-likeness (QED) is 0.473. The number of rotatable bonds is 5. The molecule has 10 heteroatoms. The molecule has 4 aromatic rings. The van der Waals surface area contributed by atoms with Crippen molar-refractivity contribution in [3.8, 4) is 17.2 Å². The molecule has 0 aliphatic rings. The largest absolute Gasteiger partial charge is 0.416 e. The van der Waals surface area contributed by atoms with Crippen molar-refractivity contribution in [1.82, 2.24) is 19.3 Å². The number of alkyl halides is 3. The Morgan fingerprint density at radius 1 is 1.00 bits per heavy atom. The summed E-state index contributed by atoms with van der Waals surface area (Å²) in [5, 5.41) is 6.80. The molecule has 1 N–H and O–H groups in total. The van der Waals surface area contributed by atoms with Gasteiger partial charge in [0.1, 0.15) is 6.54 Å². The van der Waals surface area contributed by atoms with Crippen LogP contribution in [-0.4, -0.2) is 25.2 Å². The van der Waals surface area contributed by atoms with E-state index in [2.05, 4.69) is 15.4 Å². The number of carbonyl (C=O) groups excluding carboxylic acids is 1. The molecular formula is C24H20F3N5O2. The number of hydrogen-bond acceptors (Lipinski definition) is 4. The fraction of sp³-hybridized carbons (Fsp3) is 0.167. The first-order valence-electron chi connectivity index (χ1n) is 10.3. The molecule has 2 aromatic heterocycles. The number of amides is 1. The van der Waals surface area contributed by atoms with Crippen molar-refractivity contribution < 1.29 is 18.0 Å². The van der Waals surface area contributed by atoms with E-state index in [1.807, 2.05) is 18.2 Å². The maximum absolute atomic E-state index is 13.1. The summed E-state index contributed by atoms with van der Waals surface area (Å²) < 4.78 is 41.6. The molecular weight excluding hydrogens is 447 g/mol. The smallest absolute Gasteiger partial charge is 0.325 e. The molecule has 0 unspecified atom stereocenters. The third kappa shape index (κ3) is 4.90. The van der Waals surface area contributed by atoms with Crippen LogP contribution in [0.2, 0.25) is 0 Å². The molecule has 0 aliphatic carbocycles. The summed E-state index contributed by atoms with van der Waals surface area (Å²) in [5.41, 5.74) is 1.08. The second-order valence-corrected chi connectivity index (χ2v) is 7.70. The predicted octanol–water partition coefficient (Wildman–Crippen LogP) is 4.37. The zero-order valence-corrected chi connectivity index (χ0v) is 18.3. The van der Waals surface area contributed by atoms with E-state index in [1.54, 1.807) is 32.0 Å². The number of benzene rings is 2. The minimum absolute atomic E-state index is 0.0330. The van der Waals surface area contributed by atoms with E-state index in [9.17, 15) is 22.8 Å². The minimum Gasteiger partial charge on any atom is -0.325 e. The highest BCUT2D eigenvalue weighted by molar-refractivity contribution is 5.90. The van der Waals surface area contributed by atoms with Crippen molar-refractivity contribution in [3.63, 3.8) is 0 Å². The average Bonchev–Trinajstić information content (AvgIpc) is 3.13. The maximum atomic E-state index is 13.1. The van der Waals surface area contributed by atoms with Crippen LogP contribution < -0.4 is 10.9 Å². The van der Waals surface area contributed by atoms with E-state index in [0.717, 1.165) is 16.7 Å². The fourth-order valence-corrected chi connectivity index (χ4v) is 3.51.